The predicted molar refractivity (Wildman–Crippen MR) is 110 cm³/mol. The van der Waals surface area contributed by atoms with E-state index < -0.39 is 0 Å². The summed E-state index contributed by atoms with van der Waals surface area (Å²) in [6, 6.07) is 15.8. The molecule has 0 atom stereocenters. The molecule has 1 fully saturated rings. The van der Waals surface area contributed by atoms with Crippen molar-refractivity contribution in [3.8, 4) is 11.5 Å². The first-order valence-corrected chi connectivity index (χ1v) is 10.3. The molecule has 0 saturated carbocycles. The van der Waals surface area contributed by atoms with Crippen molar-refractivity contribution >= 4 is 5.91 Å². The van der Waals surface area contributed by atoms with Crippen molar-refractivity contribution in [3.63, 3.8) is 0 Å². The van der Waals surface area contributed by atoms with Crippen molar-refractivity contribution in [3.05, 3.63) is 59.7 Å². The summed E-state index contributed by atoms with van der Waals surface area (Å²) in [5, 5.41) is 0. The Morgan fingerprint density at radius 3 is 2.55 bits per heavy atom. The minimum absolute atomic E-state index is 0.0622. The normalized spacial score (nSPS) is 16.2. The third-order valence-electron chi connectivity index (χ3n) is 5.42. The monoisotopic (exact) mass is 396 g/mol. The zero-order valence-corrected chi connectivity index (χ0v) is 16.7. The van der Waals surface area contributed by atoms with Crippen LogP contribution >= 0.6 is 0 Å². The van der Waals surface area contributed by atoms with Gasteiger partial charge in [0.1, 0.15) is 0 Å². The Morgan fingerprint density at radius 1 is 0.931 bits per heavy atom. The molecule has 0 bridgehead atoms. The van der Waals surface area contributed by atoms with Gasteiger partial charge in [-0.1, -0.05) is 30.3 Å². The van der Waals surface area contributed by atoms with Crippen LogP contribution < -0.4 is 9.47 Å². The topological polar surface area (TPSA) is 51.2 Å². The van der Waals surface area contributed by atoms with Crippen molar-refractivity contribution in [2.45, 2.75) is 12.8 Å². The molecule has 0 radical (unpaired) electrons. The van der Waals surface area contributed by atoms with Crippen LogP contribution in [0.2, 0.25) is 0 Å². The molecule has 2 aliphatic heterocycles. The van der Waals surface area contributed by atoms with E-state index >= 15 is 0 Å². The van der Waals surface area contributed by atoms with Gasteiger partial charge in [0.2, 0.25) is 6.79 Å². The number of amides is 1. The fraction of sp³-hybridized carbons (Fsp3) is 0.435. The Kier molecular flexibility index (Phi) is 6.64. The number of hydrogen-bond acceptors (Lipinski definition) is 5. The van der Waals surface area contributed by atoms with E-state index in [-0.39, 0.29) is 12.7 Å². The zero-order chi connectivity index (χ0) is 19.9. The maximum absolute atomic E-state index is 12.7. The van der Waals surface area contributed by atoms with Gasteiger partial charge in [0.25, 0.3) is 5.91 Å². The van der Waals surface area contributed by atoms with Gasteiger partial charge >= 0.3 is 0 Å². The summed E-state index contributed by atoms with van der Waals surface area (Å²) in [5.74, 6) is 1.42. The number of piperazine rings is 1. The average molecular weight is 396 g/mol. The first kappa shape index (κ1) is 19.7. The van der Waals surface area contributed by atoms with Crippen LogP contribution in [0.1, 0.15) is 22.3 Å². The largest absolute Gasteiger partial charge is 0.454 e. The SMILES string of the molecule is O=C(c1ccc2c(c1)OCO2)N1CCN(CCCOCCc2ccccc2)CC1. The molecule has 6 nitrogen and oxygen atoms in total. The third kappa shape index (κ3) is 5.28. The number of ether oxygens (including phenoxy) is 3. The van der Waals surface area contributed by atoms with Crippen LogP contribution in [0.3, 0.4) is 0 Å². The summed E-state index contributed by atoms with van der Waals surface area (Å²) in [4.78, 5) is 17.1. The fourth-order valence-corrected chi connectivity index (χ4v) is 3.71. The van der Waals surface area contributed by atoms with Crippen LogP contribution in [0.4, 0.5) is 0 Å². The van der Waals surface area contributed by atoms with Gasteiger partial charge in [-0.2, -0.15) is 0 Å². The summed E-state index contributed by atoms with van der Waals surface area (Å²) in [6.45, 7) is 6.09. The van der Waals surface area contributed by atoms with Gasteiger partial charge in [0.05, 0.1) is 6.61 Å². The molecule has 2 heterocycles. The van der Waals surface area contributed by atoms with Gasteiger partial charge in [-0.05, 0) is 36.6 Å². The first-order chi connectivity index (χ1) is 14.3. The molecular weight excluding hydrogens is 368 g/mol. The highest BCUT2D eigenvalue weighted by atomic mass is 16.7. The summed E-state index contributed by atoms with van der Waals surface area (Å²) in [7, 11) is 0. The number of carbonyl (C=O) groups excluding carboxylic acids is 1. The molecule has 2 aliphatic rings. The number of nitrogens with zero attached hydrogens (tertiary/aromatic N) is 2. The zero-order valence-electron chi connectivity index (χ0n) is 16.7. The van der Waals surface area contributed by atoms with Crippen LogP contribution in [-0.4, -0.2) is 68.4 Å². The molecule has 2 aromatic rings. The fourth-order valence-electron chi connectivity index (χ4n) is 3.71. The number of hydrogen-bond donors (Lipinski definition) is 0. The van der Waals surface area contributed by atoms with E-state index in [1.165, 1.54) is 5.56 Å². The highest BCUT2D eigenvalue weighted by Crippen LogP contribution is 2.32. The summed E-state index contributed by atoms with van der Waals surface area (Å²) >= 11 is 0. The smallest absolute Gasteiger partial charge is 0.254 e. The second kappa shape index (κ2) is 9.76. The average Bonchev–Trinajstić information content (AvgIpc) is 3.25. The van der Waals surface area contributed by atoms with E-state index in [9.17, 15) is 4.79 Å². The minimum Gasteiger partial charge on any atom is -0.454 e. The quantitative estimate of drug-likeness (QED) is 0.643. The Balaban J connectivity index is 1.12. The third-order valence-corrected chi connectivity index (χ3v) is 5.42. The molecule has 1 amide bonds. The molecule has 2 aromatic carbocycles. The standard InChI is InChI=1S/C23H28N2O4/c26-23(20-7-8-21-22(17-20)29-18-28-21)25-13-11-24(12-14-25)10-4-15-27-16-9-19-5-2-1-3-6-19/h1-3,5-8,17H,4,9-16,18H2. The number of carbonyl (C=O) groups is 1. The molecule has 0 aromatic heterocycles. The number of benzene rings is 2. The van der Waals surface area contributed by atoms with Crippen molar-refractivity contribution < 1.29 is 19.0 Å². The van der Waals surface area contributed by atoms with E-state index in [0.29, 0.717) is 17.1 Å². The first-order valence-electron chi connectivity index (χ1n) is 10.3. The molecule has 1 saturated heterocycles. The van der Waals surface area contributed by atoms with E-state index in [1.54, 1.807) is 6.07 Å². The second-order valence-electron chi connectivity index (χ2n) is 7.40. The summed E-state index contributed by atoms with van der Waals surface area (Å²) in [5.41, 5.74) is 1.98. The van der Waals surface area contributed by atoms with Crippen molar-refractivity contribution in [2.24, 2.45) is 0 Å². The lowest BCUT2D eigenvalue weighted by molar-refractivity contribution is 0.0613. The van der Waals surface area contributed by atoms with E-state index in [1.807, 2.05) is 23.1 Å². The molecule has 29 heavy (non-hydrogen) atoms. The highest BCUT2D eigenvalue weighted by Gasteiger charge is 2.23. The Bertz CT molecular complexity index is 804. The van der Waals surface area contributed by atoms with E-state index in [0.717, 1.165) is 58.8 Å². The van der Waals surface area contributed by atoms with Gasteiger partial charge in [-0.25, -0.2) is 0 Å². The lowest BCUT2D eigenvalue weighted by Gasteiger charge is -2.34. The van der Waals surface area contributed by atoms with Crippen molar-refractivity contribution in [1.82, 2.24) is 9.80 Å². The van der Waals surface area contributed by atoms with Crippen molar-refractivity contribution in [1.29, 1.82) is 0 Å². The van der Waals surface area contributed by atoms with Gasteiger partial charge in [0, 0.05) is 44.9 Å². The van der Waals surface area contributed by atoms with Gasteiger partial charge in [0.15, 0.2) is 11.5 Å². The molecular formula is C23H28N2O4. The predicted octanol–water partition coefficient (Wildman–Crippen LogP) is 2.82. The minimum atomic E-state index is 0.0622. The molecule has 4 rings (SSSR count). The van der Waals surface area contributed by atoms with Gasteiger partial charge < -0.3 is 19.1 Å². The Labute approximate surface area is 172 Å². The maximum atomic E-state index is 12.7. The molecule has 6 heteroatoms. The Hall–Kier alpha value is -2.57. The van der Waals surface area contributed by atoms with Gasteiger partial charge in [-0.15, -0.1) is 0 Å². The van der Waals surface area contributed by atoms with Crippen LogP contribution in [0, 0.1) is 0 Å². The Morgan fingerprint density at radius 2 is 1.72 bits per heavy atom. The molecule has 0 spiro atoms. The summed E-state index contributed by atoms with van der Waals surface area (Å²) < 4.78 is 16.5. The van der Waals surface area contributed by atoms with E-state index in [2.05, 4.69) is 29.2 Å². The van der Waals surface area contributed by atoms with Crippen molar-refractivity contribution in [2.75, 3.05) is 52.7 Å². The molecule has 154 valence electrons. The molecule has 0 N–H and O–H groups in total. The van der Waals surface area contributed by atoms with Crippen LogP contribution in [-0.2, 0) is 11.2 Å². The van der Waals surface area contributed by atoms with Crippen LogP contribution in [0.5, 0.6) is 11.5 Å². The van der Waals surface area contributed by atoms with E-state index in [4.69, 9.17) is 14.2 Å². The highest BCUT2D eigenvalue weighted by molar-refractivity contribution is 5.95. The molecule has 0 aliphatic carbocycles. The number of rotatable bonds is 8. The number of fused-ring (bicyclic) bond motifs is 1. The maximum Gasteiger partial charge on any atom is 0.254 e. The van der Waals surface area contributed by atoms with Gasteiger partial charge in [-0.3, -0.25) is 9.69 Å². The summed E-state index contributed by atoms with van der Waals surface area (Å²) in [6.07, 6.45) is 1.98. The van der Waals surface area contributed by atoms with Crippen LogP contribution in [0.25, 0.3) is 0 Å². The molecule has 0 unspecified atom stereocenters. The van der Waals surface area contributed by atoms with Crippen LogP contribution in [0.15, 0.2) is 48.5 Å². The lowest BCUT2D eigenvalue weighted by atomic mass is 10.1. The lowest BCUT2D eigenvalue weighted by Crippen LogP contribution is -2.48. The second-order valence-corrected chi connectivity index (χ2v) is 7.40.